The topological polar surface area (TPSA) is 49.4 Å². The number of hydrogen-bond acceptors (Lipinski definition) is 2. The molecule has 5 heteroatoms. The van der Waals surface area contributed by atoms with E-state index < -0.39 is 0 Å². The maximum absolute atomic E-state index is 12.1. The Bertz CT molecular complexity index is 555. The van der Waals surface area contributed by atoms with Crippen molar-refractivity contribution in [3.05, 3.63) is 28.8 Å². The van der Waals surface area contributed by atoms with Crippen molar-refractivity contribution in [2.45, 2.75) is 25.7 Å². The highest BCUT2D eigenvalue weighted by Gasteiger charge is 2.25. The molecule has 1 heterocycles. The Morgan fingerprint density at radius 1 is 1.40 bits per heavy atom. The third-order valence-corrected chi connectivity index (χ3v) is 4.14. The van der Waals surface area contributed by atoms with Gasteiger partial charge in [-0.1, -0.05) is 11.6 Å². The van der Waals surface area contributed by atoms with Gasteiger partial charge in [-0.2, -0.15) is 0 Å². The minimum absolute atomic E-state index is 0.0717. The number of carbonyl (C=O) groups excluding carboxylic acids is 2. The fourth-order valence-electron chi connectivity index (χ4n) is 2.42. The summed E-state index contributed by atoms with van der Waals surface area (Å²) in [5.74, 6) is 0.620. The van der Waals surface area contributed by atoms with Gasteiger partial charge in [0.2, 0.25) is 5.91 Å². The third-order valence-electron chi connectivity index (χ3n) is 3.82. The van der Waals surface area contributed by atoms with Gasteiger partial charge in [0.1, 0.15) is 0 Å². The number of halogens is 1. The largest absolute Gasteiger partial charge is 0.352 e. The number of nitrogens with zero attached hydrogens (tertiary/aromatic N) is 1. The van der Waals surface area contributed by atoms with Crippen LogP contribution in [0.15, 0.2) is 18.2 Å². The van der Waals surface area contributed by atoms with E-state index in [0.717, 1.165) is 13.0 Å². The van der Waals surface area contributed by atoms with E-state index in [0.29, 0.717) is 35.2 Å². The van der Waals surface area contributed by atoms with Crippen LogP contribution in [0.5, 0.6) is 0 Å². The van der Waals surface area contributed by atoms with Gasteiger partial charge in [0, 0.05) is 25.1 Å². The first-order chi connectivity index (χ1) is 9.65. The molecule has 3 rings (SSSR count). The second kappa shape index (κ2) is 5.44. The van der Waals surface area contributed by atoms with Crippen LogP contribution >= 0.6 is 11.6 Å². The van der Waals surface area contributed by atoms with Crippen LogP contribution in [-0.4, -0.2) is 24.9 Å². The lowest BCUT2D eigenvalue weighted by Crippen LogP contribution is -2.27. The molecule has 0 unspecified atom stereocenters. The number of rotatable bonds is 4. The van der Waals surface area contributed by atoms with Gasteiger partial charge in [0.25, 0.3) is 5.91 Å². The monoisotopic (exact) mass is 292 g/mol. The zero-order valence-electron chi connectivity index (χ0n) is 11.2. The van der Waals surface area contributed by atoms with Crippen molar-refractivity contribution in [3.8, 4) is 0 Å². The molecule has 4 nitrogen and oxygen atoms in total. The minimum Gasteiger partial charge on any atom is -0.352 e. The molecule has 1 N–H and O–H groups in total. The Morgan fingerprint density at radius 2 is 2.20 bits per heavy atom. The highest BCUT2D eigenvalue weighted by Crippen LogP contribution is 2.31. The maximum Gasteiger partial charge on any atom is 0.251 e. The van der Waals surface area contributed by atoms with Gasteiger partial charge >= 0.3 is 0 Å². The first-order valence-corrected chi connectivity index (χ1v) is 7.41. The molecule has 20 heavy (non-hydrogen) atoms. The van der Waals surface area contributed by atoms with Gasteiger partial charge in [0.05, 0.1) is 10.7 Å². The summed E-state index contributed by atoms with van der Waals surface area (Å²) in [5, 5.41) is 3.44. The van der Waals surface area contributed by atoms with Crippen molar-refractivity contribution < 1.29 is 9.59 Å². The van der Waals surface area contributed by atoms with Crippen LogP contribution in [0.2, 0.25) is 5.02 Å². The van der Waals surface area contributed by atoms with Crippen molar-refractivity contribution in [2.75, 3.05) is 18.0 Å². The first-order valence-electron chi connectivity index (χ1n) is 7.03. The minimum atomic E-state index is -0.0959. The van der Waals surface area contributed by atoms with Gasteiger partial charge in [-0.05, 0) is 43.4 Å². The Hall–Kier alpha value is -1.55. The molecule has 106 valence electrons. The van der Waals surface area contributed by atoms with E-state index >= 15 is 0 Å². The second-order valence-electron chi connectivity index (χ2n) is 5.47. The zero-order chi connectivity index (χ0) is 14.1. The lowest BCUT2D eigenvalue weighted by molar-refractivity contribution is -0.117. The van der Waals surface area contributed by atoms with Crippen molar-refractivity contribution in [1.82, 2.24) is 5.32 Å². The van der Waals surface area contributed by atoms with Gasteiger partial charge in [-0.25, -0.2) is 0 Å². The van der Waals surface area contributed by atoms with Gasteiger partial charge in [-0.15, -0.1) is 0 Å². The fraction of sp³-hybridized carbons (Fsp3) is 0.467. The average molecular weight is 293 g/mol. The summed E-state index contributed by atoms with van der Waals surface area (Å²) in [4.78, 5) is 25.5. The van der Waals surface area contributed by atoms with Gasteiger partial charge in [-0.3, -0.25) is 9.59 Å². The fourth-order valence-corrected chi connectivity index (χ4v) is 2.64. The number of benzene rings is 1. The maximum atomic E-state index is 12.1. The predicted molar refractivity (Wildman–Crippen MR) is 78.1 cm³/mol. The molecule has 1 aromatic carbocycles. The molecule has 1 aromatic rings. The van der Waals surface area contributed by atoms with Crippen LogP contribution in [-0.2, 0) is 4.79 Å². The summed E-state index contributed by atoms with van der Waals surface area (Å²) in [7, 11) is 0. The number of nitrogens with one attached hydrogen (secondary N) is 1. The number of anilines is 1. The molecule has 0 atom stereocenters. The zero-order valence-corrected chi connectivity index (χ0v) is 11.9. The average Bonchev–Trinajstić information content (AvgIpc) is 3.18. The van der Waals surface area contributed by atoms with E-state index in [4.69, 9.17) is 11.6 Å². The van der Waals surface area contributed by atoms with E-state index in [2.05, 4.69) is 5.32 Å². The molecule has 2 amide bonds. The molecule has 0 bridgehead atoms. The van der Waals surface area contributed by atoms with Crippen LogP contribution in [0.1, 0.15) is 36.0 Å². The number of carbonyl (C=O) groups is 2. The van der Waals surface area contributed by atoms with E-state index in [1.54, 1.807) is 23.1 Å². The van der Waals surface area contributed by atoms with E-state index in [1.807, 2.05) is 0 Å². The molecule has 0 aromatic heterocycles. The molecule has 1 saturated carbocycles. The summed E-state index contributed by atoms with van der Waals surface area (Å²) in [6, 6.07) is 5.11. The molecule has 0 spiro atoms. The molecule has 2 aliphatic rings. The Morgan fingerprint density at radius 3 is 2.85 bits per heavy atom. The molecule has 2 fully saturated rings. The third kappa shape index (κ3) is 2.80. The summed E-state index contributed by atoms with van der Waals surface area (Å²) >= 11 is 6.16. The van der Waals surface area contributed by atoms with Gasteiger partial charge < -0.3 is 10.2 Å². The lowest BCUT2D eigenvalue weighted by atomic mass is 10.1. The predicted octanol–water partition coefficient (Wildman–Crippen LogP) is 2.61. The first kappa shape index (κ1) is 13.4. The van der Waals surface area contributed by atoms with E-state index in [1.165, 1.54) is 12.8 Å². The standard InChI is InChI=1S/C15H17ClN2O2/c16-12-6-5-11(15(20)17-9-10-3-4-10)8-13(12)18-7-1-2-14(18)19/h5-6,8,10H,1-4,7,9H2,(H,17,20). The Balaban J connectivity index is 1.78. The Kier molecular flexibility index (Phi) is 3.66. The van der Waals surface area contributed by atoms with Crippen LogP contribution < -0.4 is 10.2 Å². The smallest absolute Gasteiger partial charge is 0.251 e. The van der Waals surface area contributed by atoms with Crippen molar-refractivity contribution in [1.29, 1.82) is 0 Å². The second-order valence-corrected chi connectivity index (χ2v) is 5.88. The van der Waals surface area contributed by atoms with E-state index in [-0.39, 0.29) is 11.8 Å². The SMILES string of the molecule is O=C(NCC1CC1)c1ccc(Cl)c(N2CCCC2=O)c1. The van der Waals surface area contributed by atoms with E-state index in [9.17, 15) is 9.59 Å². The van der Waals surface area contributed by atoms with Crippen LogP contribution in [0.25, 0.3) is 0 Å². The van der Waals surface area contributed by atoms with Crippen LogP contribution in [0.4, 0.5) is 5.69 Å². The highest BCUT2D eigenvalue weighted by atomic mass is 35.5. The van der Waals surface area contributed by atoms with Gasteiger partial charge in [0.15, 0.2) is 0 Å². The summed E-state index contributed by atoms with van der Waals surface area (Å²) in [6.45, 7) is 1.41. The number of amides is 2. The Labute approximate surface area is 123 Å². The summed E-state index contributed by atoms with van der Waals surface area (Å²) < 4.78 is 0. The molecular weight excluding hydrogens is 276 g/mol. The molecular formula is C15H17ClN2O2. The van der Waals surface area contributed by atoms with Crippen molar-refractivity contribution in [2.24, 2.45) is 5.92 Å². The molecule has 1 saturated heterocycles. The summed E-state index contributed by atoms with van der Waals surface area (Å²) in [6.07, 6.45) is 3.80. The lowest BCUT2D eigenvalue weighted by Gasteiger charge is -2.18. The van der Waals surface area contributed by atoms with Crippen molar-refractivity contribution in [3.63, 3.8) is 0 Å². The number of hydrogen-bond donors (Lipinski definition) is 1. The molecule has 0 radical (unpaired) electrons. The van der Waals surface area contributed by atoms with Crippen LogP contribution in [0, 0.1) is 5.92 Å². The normalized spacial score (nSPS) is 18.4. The highest BCUT2D eigenvalue weighted by molar-refractivity contribution is 6.34. The molecule has 1 aliphatic carbocycles. The molecule has 1 aliphatic heterocycles. The van der Waals surface area contributed by atoms with Crippen LogP contribution in [0.3, 0.4) is 0 Å². The van der Waals surface area contributed by atoms with Crippen molar-refractivity contribution >= 4 is 29.1 Å². The summed E-state index contributed by atoms with van der Waals surface area (Å²) in [5.41, 5.74) is 1.21. The quantitative estimate of drug-likeness (QED) is 0.927.